The summed E-state index contributed by atoms with van der Waals surface area (Å²) >= 11 is 5.89. The van der Waals surface area contributed by atoms with Crippen LogP contribution in [-0.4, -0.2) is 42.8 Å². The molecule has 1 amide bonds. The lowest BCUT2D eigenvalue weighted by molar-refractivity contribution is -0.137. The molecular weight excluding hydrogens is 356 g/mol. The predicted molar refractivity (Wildman–Crippen MR) is 88.3 cm³/mol. The van der Waals surface area contributed by atoms with Crippen molar-refractivity contribution in [2.45, 2.75) is 30.6 Å². The van der Waals surface area contributed by atoms with E-state index in [0.29, 0.717) is 32.4 Å². The van der Waals surface area contributed by atoms with Crippen LogP contribution in [0.15, 0.2) is 23.1 Å². The van der Waals surface area contributed by atoms with Crippen molar-refractivity contribution >= 4 is 33.5 Å². The number of piperidine rings is 1. The minimum Gasteiger partial charge on any atom is -0.481 e. The highest BCUT2D eigenvalue weighted by atomic mass is 35.5. The number of sulfonamides is 1. The third-order valence-corrected chi connectivity index (χ3v) is 6.23. The molecule has 0 unspecified atom stereocenters. The first kappa shape index (κ1) is 18.7. The van der Waals surface area contributed by atoms with Gasteiger partial charge in [0.2, 0.25) is 15.9 Å². The fraction of sp³-hybridized carbons (Fsp3) is 0.467. The number of aliphatic carboxylic acids is 1. The van der Waals surface area contributed by atoms with Gasteiger partial charge in [-0.05, 0) is 43.4 Å². The molecule has 9 heteroatoms. The second-order valence-corrected chi connectivity index (χ2v) is 8.19. The molecule has 1 aromatic rings. The molecule has 0 spiro atoms. The topological polar surface area (TPSA) is 118 Å². The van der Waals surface area contributed by atoms with Crippen molar-refractivity contribution in [2.75, 3.05) is 13.1 Å². The number of carboxylic acids is 1. The summed E-state index contributed by atoms with van der Waals surface area (Å²) in [6.45, 7) is 0.621. The Balaban J connectivity index is 2.12. The number of rotatable bonds is 6. The molecule has 0 radical (unpaired) electrons. The van der Waals surface area contributed by atoms with E-state index in [1.165, 1.54) is 22.5 Å². The standard InChI is InChI=1S/C15H19ClN2O5S/c16-12-7-11(15(17)21)8-13(9-12)24(22,23)18-5-3-10(4-6-18)1-2-14(19)20/h7-10H,1-6H2,(H2,17,21)(H,19,20). The second-order valence-electron chi connectivity index (χ2n) is 5.82. The Morgan fingerprint density at radius 2 is 1.88 bits per heavy atom. The Morgan fingerprint density at radius 3 is 2.42 bits per heavy atom. The zero-order valence-corrected chi connectivity index (χ0v) is 14.5. The summed E-state index contributed by atoms with van der Waals surface area (Å²) in [5, 5.41) is 8.84. The van der Waals surface area contributed by atoms with E-state index in [1.807, 2.05) is 0 Å². The maximum atomic E-state index is 12.7. The third-order valence-electron chi connectivity index (χ3n) is 4.13. The fourth-order valence-corrected chi connectivity index (χ4v) is 4.61. The molecule has 0 saturated carbocycles. The highest BCUT2D eigenvalue weighted by Crippen LogP contribution is 2.28. The van der Waals surface area contributed by atoms with Gasteiger partial charge in [0.05, 0.1) is 4.90 Å². The van der Waals surface area contributed by atoms with Gasteiger partial charge >= 0.3 is 5.97 Å². The fourth-order valence-electron chi connectivity index (χ4n) is 2.77. The summed E-state index contributed by atoms with van der Waals surface area (Å²) in [6.07, 6.45) is 1.85. The second kappa shape index (κ2) is 7.50. The van der Waals surface area contributed by atoms with Gasteiger partial charge in [0.25, 0.3) is 0 Å². The van der Waals surface area contributed by atoms with Gasteiger partial charge in [-0.2, -0.15) is 4.31 Å². The molecule has 0 atom stereocenters. The maximum Gasteiger partial charge on any atom is 0.303 e. The van der Waals surface area contributed by atoms with Gasteiger partial charge in [-0.25, -0.2) is 8.42 Å². The Morgan fingerprint density at radius 1 is 1.25 bits per heavy atom. The van der Waals surface area contributed by atoms with E-state index >= 15 is 0 Å². The molecule has 3 N–H and O–H groups in total. The summed E-state index contributed by atoms with van der Waals surface area (Å²) in [6, 6.07) is 3.83. The Bertz CT molecular complexity index is 742. The minimum absolute atomic E-state index is 0.0393. The molecule has 0 aliphatic carbocycles. The highest BCUT2D eigenvalue weighted by Gasteiger charge is 2.30. The molecule has 7 nitrogen and oxygen atoms in total. The number of benzene rings is 1. The average molecular weight is 375 g/mol. The summed E-state index contributed by atoms with van der Waals surface area (Å²) in [7, 11) is -3.77. The van der Waals surface area contributed by atoms with Crippen LogP contribution in [0.25, 0.3) is 0 Å². The number of carbonyl (C=O) groups excluding carboxylic acids is 1. The molecule has 1 aliphatic rings. The van der Waals surface area contributed by atoms with E-state index in [9.17, 15) is 18.0 Å². The van der Waals surface area contributed by atoms with Gasteiger partial charge in [-0.15, -0.1) is 0 Å². The Hall–Kier alpha value is -1.64. The van der Waals surface area contributed by atoms with E-state index in [2.05, 4.69) is 0 Å². The lowest BCUT2D eigenvalue weighted by Crippen LogP contribution is -2.38. The number of nitrogens with zero attached hydrogens (tertiary/aromatic N) is 1. The van der Waals surface area contributed by atoms with Gasteiger partial charge < -0.3 is 10.8 Å². The molecule has 1 fully saturated rings. The van der Waals surface area contributed by atoms with Crippen LogP contribution in [0.3, 0.4) is 0 Å². The van der Waals surface area contributed by atoms with E-state index in [1.54, 1.807) is 0 Å². The summed E-state index contributed by atoms with van der Waals surface area (Å²) < 4.78 is 26.8. The van der Waals surface area contributed by atoms with Crippen molar-refractivity contribution in [2.24, 2.45) is 11.7 Å². The first-order valence-corrected chi connectivity index (χ1v) is 9.34. The number of hydrogen-bond donors (Lipinski definition) is 2. The highest BCUT2D eigenvalue weighted by molar-refractivity contribution is 7.89. The van der Waals surface area contributed by atoms with E-state index in [0.717, 1.165) is 0 Å². The number of carboxylic acid groups (broad SMARTS) is 1. The molecule has 24 heavy (non-hydrogen) atoms. The normalized spacial score (nSPS) is 16.9. The summed E-state index contributed by atoms with van der Waals surface area (Å²) in [5.41, 5.74) is 5.23. The van der Waals surface area contributed by atoms with Gasteiger partial charge in [-0.1, -0.05) is 11.6 Å². The molecule has 2 rings (SSSR count). The molecule has 1 aromatic carbocycles. The predicted octanol–water partition coefficient (Wildman–Crippen LogP) is 1.70. The van der Waals surface area contributed by atoms with Gasteiger partial charge in [0, 0.05) is 30.1 Å². The third kappa shape index (κ3) is 4.46. The van der Waals surface area contributed by atoms with E-state index in [-0.39, 0.29) is 27.8 Å². The van der Waals surface area contributed by atoms with Gasteiger partial charge in [-0.3, -0.25) is 9.59 Å². The smallest absolute Gasteiger partial charge is 0.303 e. The number of amides is 1. The number of hydrogen-bond acceptors (Lipinski definition) is 4. The first-order chi connectivity index (χ1) is 11.2. The Labute approximate surface area is 145 Å². The molecule has 0 bridgehead atoms. The molecule has 132 valence electrons. The first-order valence-electron chi connectivity index (χ1n) is 7.52. The van der Waals surface area contributed by atoms with Crippen LogP contribution in [0.5, 0.6) is 0 Å². The van der Waals surface area contributed by atoms with Crippen molar-refractivity contribution in [1.82, 2.24) is 4.31 Å². The SMILES string of the molecule is NC(=O)c1cc(Cl)cc(S(=O)(=O)N2CCC(CCC(=O)O)CC2)c1. The monoisotopic (exact) mass is 374 g/mol. The van der Waals surface area contributed by atoms with E-state index in [4.69, 9.17) is 22.4 Å². The Kier molecular flexibility index (Phi) is 5.84. The summed E-state index contributed by atoms with van der Waals surface area (Å²) in [5.74, 6) is -1.39. The van der Waals surface area contributed by atoms with Gasteiger partial charge in [0.1, 0.15) is 0 Å². The number of nitrogens with two attached hydrogens (primary N) is 1. The molecule has 1 aliphatic heterocycles. The zero-order valence-electron chi connectivity index (χ0n) is 12.9. The lowest BCUT2D eigenvalue weighted by Gasteiger charge is -2.31. The van der Waals surface area contributed by atoms with Crippen LogP contribution >= 0.6 is 11.6 Å². The molecule has 1 saturated heterocycles. The quantitative estimate of drug-likeness (QED) is 0.785. The van der Waals surface area contributed by atoms with Crippen LogP contribution in [0.1, 0.15) is 36.0 Å². The van der Waals surface area contributed by atoms with Crippen molar-refractivity contribution in [3.05, 3.63) is 28.8 Å². The lowest BCUT2D eigenvalue weighted by atomic mass is 9.93. The van der Waals surface area contributed by atoms with Crippen molar-refractivity contribution in [3.8, 4) is 0 Å². The zero-order chi connectivity index (χ0) is 17.9. The molecule has 0 aromatic heterocycles. The largest absolute Gasteiger partial charge is 0.481 e. The molecule has 1 heterocycles. The minimum atomic E-state index is -3.77. The van der Waals surface area contributed by atoms with Crippen LogP contribution < -0.4 is 5.73 Å². The number of halogens is 1. The number of carbonyl (C=O) groups is 2. The van der Waals surface area contributed by atoms with Crippen molar-refractivity contribution in [3.63, 3.8) is 0 Å². The van der Waals surface area contributed by atoms with Crippen LogP contribution in [0, 0.1) is 5.92 Å². The van der Waals surface area contributed by atoms with Crippen LogP contribution in [-0.2, 0) is 14.8 Å². The molecular formula is C15H19ClN2O5S. The maximum absolute atomic E-state index is 12.7. The van der Waals surface area contributed by atoms with Crippen LogP contribution in [0.2, 0.25) is 5.02 Å². The average Bonchev–Trinajstić information content (AvgIpc) is 2.52. The van der Waals surface area contributed by atoms with E-state index < -0.39 is 21.9 Å². The van der Waals surface area contributed by atoms with Crippen molar-refractivity contribution < 1.29 is 23.1 Å². The van der Waals surface area contributed by atoms with Gasteiger partial charge in [0.15, 0.2) is 0 Å². The number of primary amides is 1. The van der Waals surface area contributed by atoms with Crippen molar-refractivity contribution in [1.29, 1.82) is 0 Å². The van der Waals surface area contributed by atoms with Crippen LogP contribution in [0.4, 0.5) is 0 Å². The summed E-state index contributed by atoms with van der Waals surface area (Å²) in [4.78, 5) is 21.8.